The summed E-state index contributed by atoms with van der Waals surface area (Å²) in [5.41, 5.74) is 1.83. The standard InChI is InChI=1S/C19H19N3O4/c1-11-4-7-17(20-9-11)21-18(24)10-22-15-8-14(12(2)23)5-6-16(15)26-13(3)19(22)25/h4-9,13H,10H2,1-3H3,(H,20,21,24). The average Bonchev–Trinajstić information content (AvgIpc) is 2.60. The third-order valence-electron chi connectivity index (χ3n) is 4.05. The quantitative estimate of drug-likeness (QED) is 0.853. The summed E-state index contributed by atoms with van der Waals surface area (Å²) in [5.74, 6) is 0.00996. The SMILES string of the molecule is CC(=O)c1ccc2c(c1)N(CC(=O)Nc1ccc(C)cn1)C(=O)C(C)O2. The van der Waals surface area contributed by atoms with E-state index in [0.717, 1.165) is 5.56 Å². The van der Waals surface area contributed by atoms with Crippen molar-refractivity contribution in [3.05, 3.63) is 47.7 Å². The van der Waals surface area contributed by atoms with Crippen molar-refractivity contribution in [1.29, 1.82) is 0 Å². The van der Waals surface area contributed by atoms with Crippen LogP contribution in [0.3, 0.4) is 0 Å². The summed E-state index contributed by atoms with van der Waals surface area (Å²) in [6, 6.07) is 8.37. The molecule has 0 saturated heterocycles. The van der Waals surface area contributed by atoms with Gasteiger partial charge in [0.1, 0.15) is 18.1 Å². The fourth-order valence-electron chi connectivity index (χ4n) is 2.66. The van der Waals surface area contributed by atoms with Gasteiger partial charge in [-0.2, -0.15) is 0 Å². The highest BCUT2D eigenvalue weighted by Gasteiger charge is 2.33. The largest absolute Gasteiger partial charge is 0.479 e. The predicted molar refractivity (Wildman–Crippen MR) is 96.5 cm³/mol. The molecule has 2 heterocycles. The van der Waals surface area contributed by atoms with Gasteiger partial charge in [0.15, 0.2) is 11.9 Å². The predicted octanol–water partition coefficient (Wildman–Crippen LogP) is 2.35. The Bertz CT molecular complexity index is 877. The van der Waals surface area contributed by atoms with E-state index in [1.54, 1.807) is 37.4 Å². The molecule has 1 unspecified atom stereocenters. The minimum absolute atomic E-state index is 0.132. The van der Waals surface area contributed by atoms with E-state index in [9.17, 15) is 14.4 Å². The van der Waals surface area contributed by atoms with Gasteiger partial charge in [-0.3, -0.25) is 19.3 Å². The van der Waals surface area contributed by atoms with Gasteiger partial charge in [0.05, 0.1) is 5.69 Å². The fraction of sp³-hybridized carbons (Fsp3) is 0.263. The molecule has 0 radical (unpaired) electrons. The maximum Gasteiger partial charge on any atom is 0.268 e. The first-order valence-corrected chi connectivity index (χ1v) is 8.20. The van der Waals surface area contributed by atoms with E-state index in [-0.39, 0.29) is 24.1 Å². The van der Waals surface area contributed by atoms with Crippen molar-refractivity contribution in [2.45, 2.75) is 26.9 Å². The number of hydrogen-bond donors (Lipinski definition) is 1. The Hall–Kier alpha value is -3.22. The van der Waals surface area contributed by atoms with Crippen LogP contribution in [0.4, 0.5) is 11.5 Å². The third-order valence-corrected chi connectivity index (χ3v) is 4.05. The molecular formula is C19H19N3O4. The zero-order valence-corrected chi connectivity index (χ0v) is 14.8. The molecule has 0 saturated carbocycles. The zero-order chi connectivity index (χ0) is 18.8. The number of nitrogens with one attached hydrogen (secondary N) is 1. The Morgan fingerprint density at radius 1 is 1.27 bits per heavy atom. The highest BCUT2D eigenvalue weighted by atomic mass is 16.5. The summed E-state index contributed by atoms with van der Waals surface area (Å²) >= 11 is 0. The first-order valence-electron chi connectivity index (χ1n) is 8.20. The molecule has 2 amide bonds. The lowest BCUT2D eigenvalue weighted by atomic mass is 10.1. The number of hydrogen-bond acceptors (Lipinski definition) is 5. The maximum atomic E-state index is 12.5. The van der Waals surface area contributed by atoms with Crippen LogP contribution in [0.1, 0.15) is 29.8 Å². The number of benzene rings is 1. The van der Waals surface area contributed by atoms with Crippen LogP contribution < -0.4 is 15.0 Å². The number of pyridine rings is 1. The molecule has 0 fully saturated rings. The topological polar surface area (TPSA) is 88.6 Å². The summed E-state index contributed by atoms with van der Waals surface area (Å²) in [6.07, 6.45) is 0.933. The molecule has 134 valence electrons. The number of carbonyl (C=O) groups excluding carboxylic acids is 3. The second-order valence-electron chi connectivity index (χ2n) is 6.19. The number of anilines is 2. The minimum atomic E-state index is -0.712. The first-order chi connectivity index (χ1) is 12.3. The third kappa shape index (κ3) is 3.56. The van der Waals surface area contributed by atoms with Gasteiger partial charge in [-0.05, 0) is 50.6 Å². The summed E-state index contributed by atoms with van der Waals surface area (Å²) in [5, 5.41) is 2.67. The van der Waals surface area contributed by atoms with Crippen molar-refractivity contribution in [2.75, 3.05) is 16.8 Å². The van der Waals surface area contributed by atoms with Crippen molar-refractivity contribution in [3.8, 4) is 5.75 Å². The second kappa shape index (κ2) is 6.95. The smallest absolute Gasteiger partial charge is 0.268 e. The molecule has 0 bridgehead atoms. The van der Waals surface area contributed by atoms with E-state index in [0.29, 0.717) is 22.8 Å². The number of Topliss-reactive ketones (excluding diaryl/α,β-unsaturated/α-hetero) is 1. The van der Waals surface area contributed by atoms with Crippen LogP contribution in [-0.4, -0.2) is 35.2 Å². The number of aromatic nitrogens is 1. The fourth-order valence-corrected chi connectivity index (χ4v) is 2.66. The van der Waals surface area contributed by atoms with Crippen molar-refractivity contribution >= 4 is 29.1 Å². The van der Waals surface area contributed by atoms with Crippen LogP contribution in [0, 0.1) is 6.92 Å². The monoisotopic (exact) mass is 353 g/mol. The first kappa shape index (κ1) is 17.6. The normalized spacial score (nSPS) is 15.9. The number of rotatable bonds is 4. The van der Waals surface area contributed by atoms with E-state index in [1.807, 2.05) is 13.0 Å². The Balaban J connectivity index is 1.85. The Labute approximate surface area is 151 Å². The number of ketones is 1. The van der Waals surface area contributed by atoms with Crippen molar-refractivity contribution in [2.24, 2.45) is 0 Å². The molecule has 2 aromatic rings. The number of fused-ring (bicyclic) bond motifs is 1. The van der Waals surface area contributed by atoms with Gasteiger partial charge in [-0.15, -0.1) is 0 Å². The van der Waals surface area contributed by atoms with E-state index < -0.39 is 6.10 Å². The molecule has 0 aliphatic carbocycles. The Morgan fingerprint density at radius 2 is 2.04 bits per heavy atom. The maximum absolute atomic E-state index is 12.5. The van der Waals surface area contributed by atoms with Crippen LogP contribution in [0.25, 0.3) is 0 Å². The summed E-state index contributed by atoms with van der Waals surface area (Å²) in [4.78, 5) is 42.0. The lowest BCUT2D eigenvalue weighted by Crippen LogP contribution is -2.47. The van der Waals surface area contributed by atoms with Crippen molar-refractivity contribution in [1.82, 2.24) is 4.98 Å². The molecule has 0 spiro atoms. The molecule has 1 aromatic carbocycles. The van der Waals surface area contributed by atoms with Gasteiger partial charge >= 0.3 is 0 Å². The van der Waals surface area contributed by atoms with Gasteiger partial charge in [0.2, 0.25) is 5.91 Å². The molecule has 7 nitrogen and oxygen atoms in total. The molecule has 1 atom stereocenters. The molecule has 3 rings (SSSR count). The van der Waals surface area contributed by atoms with Crippen molar-refractivity contribution < 1.29 is 19.1 Å². The van der Waals surface area contributed by atoms with E-state index in [4.69, 9.17) is 4.74 Å². The van der Waals surface area contributed by atoms with Crippen LogP contribution in [0.2, 0.25) is 0 Å². The van der Waals surface area contributed by atoms with Crippen LogP contribution in [0.15, 0.2) is 36.5 Å². The van der Waals surface area contributed by atoms with Gasteiger partial charge < -0.3 is 10.1 Å². The molecule has 1 aliphatic rings. The highest BCUT2D eigenvalue weighted by molar-refractivity contribution is 6.07. The number of ether oxygens (including phenoxy) is 1. The molecule has 1 aliphatic heterocycles. The second-order valence-corrected chi connectivity index (χ2v) is 6.19. The Morgan fingerprint density at radius 3 is 2.69 bits per heavy atom. The lowest BCUT2D eigenvalue weighted by molar-refractivity contribution is -0.127. The van der Waals surface area contributed by atoms with Crippen LogP contribution >= 0.6 is 0 Å². The number of aryl methyl sites for hydroxylation is 1. The van der Waals surface area contributed by atoms with Crippen LogP contribution in [0.5, 0.6) is 5.75 Å². The summed E-state index contributed by atoms with van der Waals surface area (Å²) < 4.78 is 5.58. The Kier molecular flexibility index (Phi) is 4.71. The summed E-state index contributed by atoms with van der Waals surface area (Å²) in [6.45, 7) is 4.76. The van der Waals surface area contributed by atoms with E-state index in [1.165, 1.54) is 11.8 Å². The molecule has 26 heavy (non-hydrogen) atoms. The molecular weight excluding hydrogens is 334 g/mol. The number of nitrogens with zero attached hydrogens (tertiary/aromatic N) is 2. The van der Waals surface area contributed by atoms with Gasteiger partial charge in [0.25, 0.3) is 5.91 Å². The molecule has 1 aromatic heterocycles. The van der Waals surface area contributed by atoms with E-state index in [2.05, 4.69) is 10.3 Å². The number of carbonyl (C=O) groups is 3. The van der Waals surface area contributed by atoms with Gasteiger partial charge in [-0.1, -0.05) is 6.07 Å². The summed E-state index contributed by atoms with van der Waals surface area (Å²) in [7, 11) is 0. The van der Waals surface area contributed by atoms with Crippen molar-refractivity contribution in [3.63, 3.8) is 0 Å². The molecule has 7 heteroatoms. The molecule has 1 N–H and O–H groups in total. The minimum Gasteiger partial charge on any atom is -0.479 e. The lowest BCUT2D eigenvalue weighted by Gasteiger charge is -2.32. The van der Waals surface area contributed by atoms with Crippen LogP contribution in [-0.2, 0) is 9.59 Å². The van der Waals surface area contributed by atoms with E-state index >= 15 is 0 Å². The highest BCUT2D eigenvalue weighted by Crippen LogP contribution is 2.35. The number of amides is 2. The van der Waals surface area contributed by atoms with Gasteiger partial charge in [0, 0.05) is 11.8 Å². The van der Waals surface area contributed by atoms with Gasteiger partial charge in [-0.25, -0.2) is 4.98 Å². The average molecular weight is 353 g/mol. The zero-order valence-electron chi connectivity index (χ0n) is 14.8.